The average molecular weight is 258 g/mol. The maximum absolute atomic E-state index is 5.77. The van der Waals surface area contributed by atoms with Crippen molar-refractivity contribution in [1.29, 1.82) is 0 Å². The number of rotatable bonds is 7. The van der Waals surface area contributed by atoms with Crippen LogP contribution in [0.3, 0.4) is 0 Å². The Morgan fingerprint density at radius 2 is 1.82 bits per heavy atom. The molecule has 0 saturated carbocycles. The lowest BCUT2D eigenvalue weighted by Crippen LogP contribution is -2.08. The van der Waals surface area contributed by atoms with Crippen molar-refractivity contribution in [2.75, 3.05) is 24.2 Å². The van der Waals surface area contributed by atoms with Gasteiger partial charge in [0.2, 0.25) is 17.2 Å². The summed E-state index contributed by atoms with van der Waals surface area (Å²) in [4.78, 5) is 12.1. The molecule has 2 N–H and O–H groups in total. The number of nitrogens with zero attached hydrogens (tertiary/aromatic N) is 3. The van der Waals surface area contributed by atoms with E-state index in [9.17, 15) is 0 Å². The van der Waals surface area contributed by atoms with Gasteiger partial charge in [0.25, 0.3) is 0 Å². The largest absolute Gasteiger partial charge is 0.357 e. The molecule has 0 aliphatic carbocycles. The van der Waals surface area contributed by atoms with Crippen molar-refractivity contribution in [2.45, 2.75) is 33.1 Å². The molecule has 0 spiro atoms. The molecule has 0 aromatic carbocycles. The van der Waals surface area contributed by atoms with Crippen molar-refractivity contribution in [3.8, 4) is 0 Å². The summed E-state index contributed by atoms with van der Waals surface area (Å²) in [5, 5.41) is 6.19. The van der Waals surface area contributed by atoms with Gasteiger partial charge in [-0.1, -0.05) is 26.7 Å². The molecule has 0 unspecified atom stereocenters. The summed E-state index contributed by atoms with van der Waals surface area (Å²) in [6.07, 6.45) is 3.57. The minimum atomic E-state index is 0.203. The van der Waals surface area contributed by atoms with E-state index in [-0.39, 0.29) is 5.28 Å². The van der Waals surface area contributed by atoms with Crippen molar-refractivity contribution in [1.82, 2.24) is 15.0 Å². The Labute approximate surface area is 107 Å². The van der Waals surface area contributed by atoms with Crippen molar-refractivity contribution < 1.29 is 0 Å². The lowest BCUT2D eigenvalue weighted by Gasteiger charge is -2.07. The predicted octanol–water partition coefficient (Wildman–Crippen LogP) is 2.80. The number of halogens is 1. The second kappa shape index (κ2) is 7.27. The van der Waals surface area contributed by atoms with E-state index in [2.05, 4.69) is 39.4 Å². The van der Waals surface area contributed by atoms with Crippen LogP contribution in [0.25, 0.3) is 0 Å². The van der Waals surface area contributed by atoms with Crippen LogP contribution in [0.5, 0.6) is 0 Å². The normalized spacial score (nSPS) is 10.6. The van der Waals surface area contributed by atoms with Crippen LogP contribution in [0.2, 0.25) is 5.28 Å². The Morgan fingerprint density at radius 1 is 1.12 bits per heavy atom. The molecule has 0 fully saturated rings. The molecular weight excluding hydrogens is 238 g/mol. The first kappa shape index (κ1) is 14.0. The Bertz CT molecular complexity index is 343. The number of nitrogens with one attached hydrogen (secondary N) is 2. The SMILES string of the molecule is CNc1nc(Cl)nc(NCCCCC(C)C)n1. The quantitative estimate of drug-likeness (QED) is 0.736. The van der Waals surface area contributed by atoms with Gasteiger partial charge >= 0.3 is 0 Å². The summed E-state index contributed by atoms with van der Waals surface area (Å²) >= 11 is 5.77. The Hall–Kier alpha value is -1.10. The van der Waals surface area contributed by atoms with E-state index in [0.29, 0.717) is 11.9 Å². The van der Waals surface area contributed by atoms with E-state index >= 15 is 0 Å². The first-order valence-corrected chi connectivity index (χ1v) is 6.33. The summed E-state index contributed by atoms with van der Waals surface area (Å²) in [6, 6.07) is 0. The fourth-order valence-electron chi connectivity index (χ4n) is 1.42. The molecule has 1 aromatic heterocycles. The maximum Gasteiger partial charge on any atom is 0.228 e. The monoisotopic (exact) mass is 257 g/mol. The molecular formula is C11H20ClN5. The lowest BCUT2D eigenvalue weighted by molar-refractivity contribution is 0.544. The molecule has 6 heteroatoms. The van der Waals surface area contributed by atoms with Crippen molar-refractivity contribution in [3.63, 3.8) is 0 Å². The zero-order valence-electron chi connectivity index (χ0n) is 10.6. The zero-order chi connectivity index (χ0) is 12.7. The summed E-state index contributed by atoms with van der Waals surface area (Å²) < 4.78 is 0. The van der Waals surface area contributed by atoms with Gasteiger partial charge in [0, 0.05) is 13.6 Å². The summed E-state index contributed by atoms with van der Waals surface area (Å²) in [6.45, 7) is 5.33. The second-order valence-corrected chi connectivity index (χ2v) is 4.66. The highest BCUT2D eigenvalue weighted by Gasteiger charge is 2.02. The summed E-state index contributed by atoms with van der Waals surface area (Å²) in [7, 11) is 1.75. The number of unbranched alkanes of at least 4 members (excludes halogenated alkanes) is 1. The highest BCUT2D eigenvalue weighted by Crippen LogP contribution is 2.10. The number of anilines is 2. The minimum absolute atomic E-state index is 0.203. The fourth-order valence-corrected chi connectivity index (χ4v) is 1.58. The fraction of sp³-hybridized carbons (Fsp3) is 0.727. The van der Waals surface area contributed by atoms with E-state index in [1.54, 1.807) is 7.05 Å². The standard InChI is InChI=1S/C11H20ClN5/c1-8(2)6-4-5-7-14-11-16-9(12)15-10(13-3)17-11/h8H,4-7H2,1-3H3,(H2,13,14,15,16,17). The molecule has 0 aliphatic rings. The molecule has 1 heterocycles. The average Bonchev–Trinajstić information content (AvgIpc) is 2.27. The van der Waals surface area contributed by atoms with Crippen molar-refractivity contribution in [2.24, 2.45) is 5.92 Å². The maximum atomic E-state index is 5.77. The van der Waals surface area contributed by atoms with Gasteiger partial charge in [0.1, 0.15) is 0 Å². The predicted molar refractivity (Wildman–Crippen MR) is 71.6 cm³/mol. The summed E-state index contributed by atoms with van der Waals surface area (Å²) in [5.41, 5.74) is 0. The molecule has 0 aliphatic heterocycles. The van der Waals surface area contributed by atoms with Crippen LogP contribution in [0, 0.1) is 5.92 Å². The molecule has 5 nitrogen and oxygen atoms in total. The van der Waals surface area contributed by atoms with Gasteiger partial charge in [-0.05, 0) is 23.9 Å². The lowest BCUT2D eigenvalue weighted by atomic mass is 10.1. The zero-order valence-corrected chi connectivity index (χ0v) is 11.4. The van der Waals surface area contributed by atoms with Crippen LogP contribution in [-0.4, -0.2) is 28.5 Å². The van der Waals surface area contributed by atoms with E-state index in [1.807, 2.05) is 0 Å². The van der Waals surface area contributed by atoms with Crippen LogP contribution < -0.4 is 10.6 Å². The van der Waals surface area contributed by atoms with E-state index in [0.717, 1.165) is 18.9 Å². The Kier molecular flexibility index (Phi) is 5.97. The van der Waals surface area contributed by atoms with Crippen LogP contribution >= 0.6 is 11.6 Å². The third-order valence-corrected chi connectivity index (χ3v) is 2.49. The summed E-state index contributed by atoms with van der Waals surface area (Å²) in [5.74, 6) is 1.77. The van der Waals surface area contributed by atoms with Crippen LogP contribution in [-0.2, 0) is 0 Å². The Morgan fingerprint density at radius 3 is 2.47 bits per heavy atom. The topological polar surface area (TPSA) is 62.7 Å². The van der Waals surface area contributed by atoms with Gasteiger partial charge in [-0.2, -0.15) is 15.0 Å². The molecule has 17 heavy (non-hydrogen) atoms. The molecule has 0 radical (unpaired) electrons. The third-order valence-electron chi connectivity index (χ3n) is 2.32. The van der Waals surface area contributed by atoms with Crippen LogP contribution in [0.15, 0.2) is 0 Å². The molecule has 1 aromatic rings. The van der Waals surface area contributed by atoms with Gasteiger partial charge in [-0.25, -0.2) is 0 Å². The third kappa shape index (κ3) is 5.68. The first-order chi connectivity index (χ1) is 8.11. The molecule has 0 atom stereocenters. The minimum Gasteiger partial charge on any atom is -0.357 e. The number of hydrogen-bond acceptors (Lipinski definition) is 5. The molecule has 0 bridgehead atoms. The molecule has 0 saturated heterocycles. The van der Waals surface area contributed by atoms with Gasteiger partial charge in [0.15, 0.2) is 0 Å². The van der Waals surface area contributed by atoms with E-state index < -0.39 is 0 Å². The highest BCUT2D eigenvalue weighted by atomic mass is 35.5. The van der Waals surface area contributed by atoms with Crippen LogP contribution in [0.4, 0.5) is 11.9 Å². The molecule has 1 rings (SSSR count). The number of aromatic nitrogens is 3. The van der Waals surface area contributed by atoms with Gasteiger partial charge in [-0.3, -0.25) is 0 Å². The smallest absolute Gasteiger partial charge is 0.228 e. The van der Waals surface area contributed by atoms with Gasteiger partial charge < -0.3 is 10.6 Å². The van der Waals surface area contributed by atoms with Crippen LogP contribution in [0.1, 0.15) is 33.1 Å². The van der Waals surface area contributed by atoms with Gasteiger partial charge in [-0.15, -0.1) is 0 Å². The molecule has 0 amide bonds. The molecule has 96 valence electrons. The van der Waals surface area contributed by atoms with E-state index in [1.165, 1.54) is 12.8 Å². The Balaban J connectivity index is 2.33. The number of hydrogen-bond donors (Lipinski definition) is 2. The van der Waals surface area contributed by atoms with Gasteiger partial charge in [0.05, 0.1) is 0 Å². The first-order valence-electron chi connectivity index (χ1n) is 5.95. The van der Waals surface area contributed by atoms with E-state index in [4.69, 9.17) is 11.6 Å². The second-order valence-electron chi connectivity index (χ2n) is 4.32. The van der Waals surface area contributed by atoms with Crippen molar-refractivity contribution in [3.05, 3.63) is 5.28 Å². The van der Waals surface area contributed by atoms with Crippen molar-refractivity contribution >= 4 is 23.5 Å². The highest BCUT2D eigenvalue weighted by molar-refractivity contribution is 6.28.